The zero-order valence-electron chi connectivity index (χ0n) is 8.19. The number of ether oxygens (including phenoxy) is 1. The molecule has 0 radical (unpaired) electrons. The predicted octanol–water partition coefficient (Wildman–Crippen LogP) is 1.73. The van der Waals surface area contributed by atoms with Crippen LogP contribution in [0.3, 0.4) is 0 Å². The SMILES string of the molecule is Nc1ccc2c3c(ccc2c1)C(=O)OC3=O. The minimum atomic E-state index is -0.588. The molecule has 2 N–H and O–H groups in total. The zero-order valence-corrected chi connectivity index (χ0v) is 8.19. The lowest BCUT2D eigenvalue weighted by Crippen LogP contribution is -1.97. The van der Waals surface area contributed by atoms with Gasteiger partial charge >= 0.3 is 11.9 Å². The normalized spacial score (nSPS) is 14.0. The Bertz CT molecular complexity index is 646. The first kappa shape index (κ1) is 8.91. The van der Waals surface area contributed by atoms with Gasteiger partial charge in [-0.3, -0.25) is 0 Å². The molecule has 2 aromatic rings. The van der Waals surface area contributed by atoms with E-state index in [0.29, 0.717) is 22.2 Å². The average molecular weight is 213 g/mol. The van der Waals surface area contributed by atoms with Crippen LogP contribution >= 0.6 is 0 Å². The number of rotatable bonds is 0. The van der Waals surface area contributed by atoms with Crippen molar-refractivity contribution < 1.29 is 14.3 Å². The highest BCUT2D eigenvalue weighted by Gasteiger charge is 2.31. The van der Waals surface area contributed by atoms with Crippen LogP contribution in [0, 0.1) is 0 Å². The summed E-state index contributed by atoms with van der Waals surface area (Å²) in [6, 6.07) is 8.52. The molecule has 2 aromatic carbocycles. The van der Waals surface area contributed by atoms with Gasteiger partial charge in [0.05, 0.1) is 11.1 Å². The van der Waals surface area contributed by atoms with Crippen molar-refractivity contribution in [3.8, 4) is 0 Å². The van der Waals surface area contributed by atoms with Gasteiger partial charge in [0.2, 0.25) is 0 Å². The molecule has 0 aliphatic carbocycles. The first-order valence-electron chi connectivity index (χ1n) is 4.75. The molecule has 0 atom stereocenters. The number of nitrogens with two attached hydrogens (primary N) is 1. The first-order valence-corrected chi connectivity index (χ1v) is 4.75. The third-order valence-electron chi connectivity index (χ3n) is 2.65. The van der Waals surface area contributed by atoms with Crippen LogP contribution < -0.4 is 5.73 Å². The van der Waals surface area contributed by atoms with E-state index in [1.54, 1.807) is 30.3 Å². The lowest BCUT2D eigenvalue weighted by molar-refractivity contribution is 0.0444. The number of carbonyl (C=O) groups is 2. The lowest BCUT2D eigenvalue weighted by Gasteiger charge is -2.02. The van der Waals surface area contributed by atoms with Crippen molar-refractivity contribution in [3.05, 3.63) is 41.5 Å². The molecule has 3 rings (SSSR count). The van der Waals surface area contributed by atoms with Crippen molar-refractivity contribution in [2.45, 2.75) is 0 Å². The van der Waals surface area contributed by atoms with Gasteiger partial charge in [0, 0.05) is 5.69 Å². The molecule has 0 aromatic heterocycles. The fourth-order valence-corrected chi connectivity index (χ4v) is 1.93. The van der Waals surface area contributed by atoms with E-state index in [1.165, 1.54) is 0 Å². The number of hydrogen-bond donors (Lipinski definition) is 1. The van der Waals surface area contributed by atoms with Crippen molar-refractivity contribution in [1.29, 1.82) is 0 Å². The molecule has 0 saturated carbocycles. The van der Waals surface area contributed by atoms with E-state index in [-0.39, 0.29) is 0 Å². The quantitative estimate of drug-likeness (QED) is 0.411. The Kier molecular flexibility index (Phi) is 1.57. The summed E-state index contributed by atoms with van der Waals surface area (Å²) >= 11 is 0. The smallest absolute Gasteiger partial charge is 0.347 e. The van der Waals surface area contributed by atoms with Gasteiger partial charge in [-0.05, 0) is 29.0 Å². The molecule has 78 valence electrons. The average Bonchev–Trinajstić information content (AvgIpc) is 2.54. The summed E-state index contributed by atoms with van der Waals surface area (Å²) in [7, 11) is 0. The third kappa shape index (κ3) is 1.04. The van der Waals surface area contributed by atoms with E-state index in [9.17, 15) is 9.59 Å². The van der Waals surface area contributed by atoms with Gasteiger partial charge in [-0.15, -0.1) is 0 Å². The largest absolute Gasteiger partial charge is 0.399 e. The number of cyclic esters (lactones) is 2. The number of esters is 2. The summed E-state index contributed by atoms with van der Waals surface area (Å²) in [5.74, 6) is -1.17. The van der Waals surface area contributed by atoms with Gasteiger partial charge in [-0.25, -0.2) is 9.59 Å². The molecule has 16 heavy (non-hydrogen) atoms. The molecule has 0 fully saturated rings. The molecule has 0 bridgehead atoms. The Balaban J connectivity index is 2.45. The number of carbonyl (C=O) groups excluding carboxylic acids is 2. The summed E-state index contributed by atoms with van der Waals surface area (Å²) in [6.07, 6.45) is 0. The molecular weight excluding hydrogens is 206 g/mol. The van der Waals surface area contributed by atoms with Crippen LogP contribution in [0.15, 0.2) is 30.3 Å². The Morgan fingerprint density at radius 2 is 1.81 bits per heavy atom. The number of hydrogen-bond acceptors (Lipinski definition) is 4. The van der Waals surface area contributed by atoms with Crippen molar-refractivity contribution in [3.63, 3.8) is 0 Å². The summed E-state index contributed by atoms with van der Waals surface area (Å²) in [5, 5.41) is 1.52. The van der Waals surface area contributed by atoms with E-state index < -0.39 is 11.9 Å². The monoisotopic (exact) mass is 213 g/mol. The Labute approximate surface area is 90.6 Å². The van der Waals surface area contributed by atoms with Crippen molar-refractivity contribution >= 4 is 28.4 Å². The second-order valence-electron chi connectivity index (χ2n) is 3.65. The number of anilines is 1. The summed E-state index contributed by atoms with van der Waals surface area (Å²) in [6.45, 7) is 0. The maximum Gasteiger partial charge on any atom is 0.347 e. The lowest BCUT2D eigenvalue weighted by atomic mass is 10.00. The van der Waals surface area contributed by atoms with Gasteiger partial charge in [-0.2, -0.15) is 0 Å². The minimum absolute atomic E-state index is 0.322. The maximum absolute atomic E-state index is 11.5. The third-order valence-corrected chi connectivity index (χ3v) is 2.65. The van der Waals surface area contributed by atoms with Gasteiger partial charge in [0.1, 0.15) is 0 Å². The molecule has 1 aliphatic rings. The van der Waals surface area contributed by atoms with Gasteiger partial charge in [0.15, 0.2) is 0 Å². The fraction of sp³-hybridized carbons (Fsp3) is 0. The van der Waals surface area contributed by atoms with E-state index in [4.69, 9.17) is 5.73 Å². The predicted molar refractivity (Wildman–Crippen MR) is 58.1 cm³/mol. The number of benzene rings is 2. The molecule has 4 nitrogen and oxygen atoms in total. The number of fused-ring (bicyclic) bond motifs is 3. The van der Waals surface area contributed by atoms with Gasteiger partial charge in [-0.1, -0.05) is 12.1 Å². The molecule has 0 spiro atoms. The molecule has 1 heterocycles. The second kappa shape index (κ2) is 2.82. The highest BCUT2D eigenvalue weighted by atomic mass is 16.6. The second-order valence-corrected chi connectivity index (χ2v) is 3.65. The Morgan fingerprint density at radius 3 is 2.62 bits per heavy atom. The van der Waals surface area contributed by atoms with Crippen LogP contribution in [0.1, 0.15) is 20.7 Å². The van der Waals surface area contributed by atoms with E-state index in [0.717, 1.165) is 5.39 Å². The standard InChI is InChI=1S/C12H7NO3/c13-7-2-4-8-6(5-7)1-3-9-10(8)12(15)16-11(9)14/h1-5H,13H2. The van der Waals surface area contributed by atoms with Crippen LogP contribution in [-0.4, -0.2) is 11.9 Å². The summed E-state index contributed by atoms with van der Waals surface area (Å²) < 4.78 is 4.56. The van der Waals surface area contributed by atoms with Crippen LogP contribution in [0.5, 0.6) is 0 Å². The Morgan fingerprint density at radius 1 is 1.00 bits per heavy atom. The van der Waals surface area contributed by atoms with Crippen LogP contribution in [0.4, 0.5) is 5.69 Å². The van der Waals surface area contributed by atoms with E-state index in [2.05, 4.69) is 4.74 Å². The van der Waals surface area contributed by atoms with Crippen LogP contribution in [-0.2, 0) is 4.74 Å². The summed E-state index contributed by atoms with van der Waals surface area (Å²) in [4.78, 5) is 22.8. The topological polar surface area (TPSA) is 69.4 Å². The Hall–Kier alpha value is -2.36. The molecular formula is C12H7NO3. The highest BCUT2D eigenvalue weighted by molar-refractivity contribution is 6.21. The van der Waals surface area contributed by atoms with Gasteiger partial charge < -0.3 is 10.5 Å². The van der Waals surface area contributed by atoms with Crippen LogP contribution in [0.2, 0.25) is 0 Å². The fourth-order valence-electron chi connectivity index (χ4n) is 1.93. The molecule has 1 aliphatic heterocycles. The molecule has 0 amide bonds. The van der Waals surface area contributed by atoms with E-state index in [1.807, 2.05) is 0 Å². The van der Waals surface area contributed by atoms with E-state index >= 15 is 0 Å². The maximum atomic E-state index is 11.5. The number of nitrogen functional groups attached to an aromatic ring is 1. The van der Waals surface area contributed by atoms with Crippen molar-refractivity contribution in [2.24, 2.45) is 0 Å². The van der Waals surface area contributed by atoms with Gasteiger partial charge in [0.25, 0.3) is 0 Å². The highest BCUT2D eigenvalue weighted by Crippen LogP contribution is 2.29. The van der Waals surface area contributed by atoms with Crippen molar-refractivity contribution in [2.75, 3.05) is 5.73 Å². The zero-order chi connectivity index (χ0) is 11.3. The first-order chi connectivity index (χ1) is 7.66. The van der Waals surface area contributed by atoms with Crippen molar-refractivity contribution in [1.82, 2.24) is 0 Å². The minimum Gasteiger partial charge on any atom is -0.399 e. The molecule has 4 heteroatoms. The van der Waals surface area contributed by atoms with Crippen LogP contribution in [0.25, 0.3) is 10.8 Å². The molecule has 0 saturated heterocycles. The summed E-state index contributed by atoms with van der Waals surface area (Å²) in [5.41, 5.74) is 6.92. The molecule has 0 unspecified atom stereocenters.